The zero-order valence-electron chi connectivity index (χ0n) is 9.57. The monoisotopic (exact) mass is 255 g/mol. The van der Waals surface area contributed by atoms with Gasteiger partial charge in [-0.25, -0.2) is 4.98 Å². The largest absolute Gasteiger partial charge is 0.364 e. The number of pyridine rings is 1. The van der Waals surface area contributed by atoms with Crippen molar-refractivity contribution in [2.24, 2.45) is 5.41 Å². The van der Waals surface area contributed by atoms with E-state index in [1.165, 1.54) is 25.1 Å². The molecule has 1 aromatic rings. The van der Waals surface area contributed by atoms with Crippen molar-refractivity contribution in [1.29, 1.82) is 0 Å². The maximum Gasteiger partial charge on any atom is 0.312 e. The summed E-state index contributed by atoms with van der Waals surface area (Å²) in [5.74, 6) is 0.305. The zero-order chi connectivity index (χ0) is 12.5. The molecule has 1 saturated carbocycles. The highest BCUT2D eigenvalue weighted by atomic mass is 35.5. The summed E-state index contributed by atoms with van der Waals surface area (Å²) in [4.78, 5) is 14.4. The molecule has 1 aliphatic rings. The number of rotatable bonds is 5. The highest BCUT2D eigenvalue weighted by molar-refractivity contribution is 6.30. The summed E-state index contributed by atoms with van der Waals surface area (Å²) < 4.78 is 0. The van der Waals surface area contributed by atoms with Gasteiger partial charge in [-0.05, 0) is 24.7 Å². The number of nitro groups is 1. The van der Waals surface area contributed by atoms with Crippen LogP contribution in [-0.2, 0) is 0 Å². The van der Waals surface area contributed by atoms with E-state index in [0.29, 0.717) is 11.2 Å². The second-order valence-corrected chi connectivity index (χ2v) is 4.92. The molecule has 0 radical (unpaired) electrons. The number of hydrogen-bond donors (Lipinski definition) is 1. The van der Waals surface area contributed by atoms with Crippen molar-refractivity contribution < 1.29 is 4.92 Å². The van der Waals surface area contributed by atoms with Crippen molar-refractivity contribution in [3.63, 3.8) is 0 Å². The van der Waals surface area contributed by atoms with Crippen LogP contribution < -0.4 is 5.32 Å². The van der Waals surface area contributed by atoms with E-state index in [4.69, 9.17) is 11.6 Å². The van der Waals surface area contributed by atoms with Crippen molar-refractivity contribution >= 4 is 23.1 Å². The zero-order valence-corrected chi connectivity index (χ0v) is 10.3. The molecule has 0 unspecified atom stereocenters. The Morgan fingerprint density at radius 1 is 1.65 bits per heavy atom. The Hall–Kier alpha value is -1.36. The Balaban J connectivity index is 2.12. The van der Waals surface area contributed by atoms with E-state index < -0.39 is 4.92 Å². The van der Waals surface area contributed by atoms with Crippen molar-refractivity contribution in [2.45, 2.75) is 26.2 Å². The Morgan fingerprint density at radius 2 is 2.35 bits per heavy atom. The third kappa shape index (κ3) is 2.66. The maximum atomic E-state index is 10.9. The average molecular weight is 256 g/mol. The van der Waals surface area contributed by atoms with Gasteiger partial charge in [-0.2, -0.15) is 0 Å². The minimum Gasteiger partial charge on any atom is -0.364 e. The molecule has 6 heteroatoms. The van der Waals surface area contributed by atoms with Crippen molar-refractivity contribution in [2.75, 3.05) is 11.9 Å². The first-order valence-electron chi connectivity index (χ1n) is 5.60. The van der Waals surface area contributed by atoms with Crippen LogP contribution in [0, 0.1) is 15.5 Å². The molecule has 1 N–H and O–H groups in total. The average Bonchev–Trinajstić information content (AvgIpc) is 3.08. The summed E-state index contributed by atoms with van der Waals surface area (Å²) in [5, 5.41) is 14.2. The molecule has 2 rings (SSSR count). The molecule has 1 aliphatic carbocycles. The quantitative estimate of drug-likeness (QED) is 0.648. The lowest BCUT2D eigenvalue weighted by molar-refractivity contribution is -0.384. The van der Waals surface area contributed by atoms with Gasteiger partial charge in [0.25, 0.3) is 0 Å². The fraction of sp³-hybridized carbons (Fsp3) is 0.545. The van der Waals surface area contributed by atoms with E-state index in [9.17, 15) is 10.1 Å². The van der Waals surface area contributed by atoms with Gasteiger partial charge >= 0.3 is 5.69 Å². The third-order valence-electron chi connectivity index (χ3n) is 3.37. The van der Waals surface area contributed by atoms with Crippen LogP contribution >= 0.6 is 11.6 Å². The van der Waals surface area contributed by atoms with Crippen LogP contribution in [0.4, 0.5) is 11.5 Å². The van der Waals surface area contributed by atoms with Crippen LogP contribution in [-0.4, -0.2) is 16.5 Å². The van der Waals surface area contributed by atoms with Crippen molar-refractivity contribution in [3.8, 4) is 0 Å². The standard InChI is InChI=1S/C11H14ClN3O2/c1-2-11(3-4-11)7-14-10-9(15(16)17)5-8(12)6-13-10/h5-6H,2-4,7H2,1H3,(H,13,14). The molecule has 0 amide bonds. The highest BCUT2D eigenvalue weighted by Crippen LogP contribution is 2.48. The predicted octanol–water partition coefficient (Wildman–Crippen LogP) is 3.25. The minimum atomic E-state index is -0.466. The summed E-state index contributed by atoms with van der Waals surface area (Å²) in [6.07, 6.45) is 4.86. The van der Waals surface area contributed by atoms with Crippen LogP contribution in [0.25, 0.3) is 0 Å². The Kier molecular flexibility index (Phi) is 3.19. The van der Waals surface area contributed by atoms with Gasteiger partial charge in [-0.1, -0.05) is 18.5 Å². The fourth-order valence-corrected chi connectivity index (χ4v) is 1.96. The molecule has 0 aliphatic heterocycles. The second-order valence-electron chi connectivity index (χ2n) is 4.49. The number of anilines is 1. The SMILES string of the molecule is CCC1(CNc2ncc(Cl)cc2[N+](=O)[O-])CC1. The molecule has 1 aromatic heterocycles. The summed E-state index contributed by atoms with van der Waals surface area (Å²) in [7, 11) is 0. The Morgan fingerprint density at radius 3 is 2.88 bits per heavy atom. The molecule has 0 spiro atoms. The topological polar surface area (TPSA) is 68.1 Å². The third-order valence-corrected chi connectivity index (χ3v) is 3.58. The van der Waals surface area contributed by atoms with Crippen molar-refractivity contribution in [1.82, 2.24) is 4.98 Å². The van der Waals surface area contributed by atoms with Gasteiger partial charge in [-0.15, -0.1) is 0 Å². The van der Waals surface area contributed by atoms with Crippen LogP contribution in [0.5, 0.6) is 0 Å². The van der Waals surface area contributed by atoms with Crippen LogP contribution in [0.2, 0.25) is 5.02 Å². The first-order valence-corrected chi connectivity index (χ1v) is 5.98. The summed E-state index contributed by atoms with van der Waals surface area (Å²) >= 11 is 5.70. The van der Waals surface area contributed by atoms with Gasteiger partial charge in [0.15, 0.2) is 0 Å². The summed E-state index contributed by atoms with van der Waals surface area (Å²) in [5.41, 5.74) is 0.249. The molecule has 1 fully saturated rings. The first-order chi connectivity index (χ1) is 8.06. The van der Waals surface area contributed by atoms with E-state index in [1.54, 1.807) is 0 Å². The molecule has 1 heterocycles. The number of nitrogens with one attached hydrogen (secondary N) is 1. The Bertz CT molecular complexity index is 446. The summed E-state index contributed by atoms with van der Waals surface area (Å²) in [6.45, 7) is 2.87. The number of hydrogen-bond acceptors (Lipinski definition) is 4. The lowest BCUT2D eigenvalue weighted by Crippen LogP contribution is -2.16. The molecule has 5 nitrogen and oxygen atoms in total. The fourth-order valence-electron chi connectivity index (χ4n) is 1.81. The molecule has 0 aromatic carbocycles. The van der Waals surface area contributed by atoms with Crippen LogP contribution in [0.3, 0.4) is 0 Å². The second kappa shape index (κ2) is 4.49. The van der Waals surface area contributed by atoms with Gasteiger partial charge in [0.2, 0.25) is 5.82 Å². The molecular formula is C11H14ClN3O2. The van der Waals surface area contributed by atoms with E-state index in [0.717, 1.165) is 13.0 Å². The van der Waals surface area contributed by atoms with E-state index in [1.807, 2.05) is 0 Å². The van der Waals surface area contributed by atoms with Gasteiger partial charge < -0.3 is 5.32 Å². The molecule has 0 saturated heterocycles. The predicted molar refractivity (Wildman–Crippen MR) is 66.3 cm³/mol. The molecule has 0 bridgehead atoms. The Labute approximate surface area is 104 Å². The van der Waals surface area contributed by atoms with Gasteiger partial charge in [0.05, 0.1) is 9.95 Å². The minimum absolute atomic E-state index is 0.0654. The normalized spacial score (nSPS) is 16.6. The van der Waals surface area contributed by atoms with Gasteiger partial charge in [0.1, 0.15) is 0 Å². The summed E-state index contributed by atoms with van der Waals surface area (Å²) in [6, 6.07) is 1.32. The maximum absolute atomic E-state index is 10.9. The number of nitrogens with zero attached hydrogens (tertiary/aromatic N) is 2. The van der Waals surface area contributed by atoms with Gasteiger partial charge in [-0.3, -0.25) is 10.1 Å². The molecule has 92 valence electrons. The van der Waals surface area contributed by atoms with Gasteiger partial charge in [0, 0.05) is 18.8 Å². The number of aromatic nitrogens is 1. The van der Waals surface area contributed by atoms with E-state index in [2.05, 4.69) is 17.2 Å². The van der Waals surface area contributed by atoms with E-state index in [-0.39, 0.29) is 10.7 Å². The molecule has 17 heavy (non-hydrogen) atoms. The van der Waals surface area contributed by atoms with Crippen molar-refractivity contribution in [3.05, 3.63) is 27.4 Å². The van der Waals surface area contributed by atoms with Crippen LogP contribution in [0.1, 0.15) is 26.2 Å². The first kappa shape index (κ1) is 12.1. The number of halogens is 1. The van der Waals surface area contributed by atoms with Crippen LogP contribution in [0.15, 0.2) is 12.3 Å². The lowest BCUT2D eigenvalue weighted by Gasteiger charge is -2.13. The van der Waals surface area contributed by atoms with E-state index >= 15 is 0 Å². The lowest BCUT2D eigenvalue weighted by atomic mass is 10.0. The highest BCUT2D eigenvalue weighted by Gasteiger charge is 2.40. The molecular weight excluding hydrogens is 242 g/mol. The smallest absolute Gasteiger partial charge is 0.312 e. The molecule has 0 atom stereocenters.